The van der Waals surface area contributed by atoms with E-state index in [1.54, 1.807) is 13.0 Å². The van der Waals surface area contributed by atoms with Crippen molar-refractivity contribution in [3.8, 4) is 0 Å². The molecular formula is C9H7FN2O. The van der Waals surface area contributed by atoms with Gasteiger partial charge in [-0.05, 0) is 13.0 Å². The van der Waals surface area contributed by atoms with Gasteiger partial charge in [-0.3, -0.25) is 4.79 Å². The lowest BCUT2D eigenvalue weighted by molar-refractivity contribution is 0.612. The number of pyridine rings is 2. The maximum Gasteiger partial charge on any atom is 0.248 e. The van der Waals surface area contributed by atoms with Crippen LogP contribution in [0.1, 0.15) is 5.69 Å². The van der Waals surface area contributed by atoms with E-state index in [-0.39, 0.29) is 5.56 Å². The molecule has 0 saturated carbocycles. The summed E-state index contributed by atoms with van der Waals surface area (Å²) in [4.78, 5) is 17.3. The number of aromatic nitrogens is 2. The minimum atomic E-state index is -0.408. The molecule has 66 valence electrons. The van der Waals surface area contributed by atoms with E-state index in [4.69, 9.17) is 0 Å². The number of halogens is 1. The van der Waals surface area contributed by atoms with Gasteiger partial charge in [0.25, 0.3) is 0 Å². The van der Waals surface area contributed by atoms with Crippen LogP contribution in [0, 0.1) is 12.7 Å². The van der Waals surface area contributed by atoms with Gasteiger partial charge in [-0.2, -0.15) is 0 Å². The van der Waals surface area contributed by atoms with E-state index in [0.29, 0.717) is 16.7 Å². The summed E-state index contributed by atoms with van der Waals surface area (Å²) in [5.41, 5.74) is 1.10. The predicted octanol–water partition coefficient (Wildman–Crippen LogP) is 1.37. The Labute approximate surface area is 73.2 Å². The number of hydrogen-bond acceptors (Lipinski definition) is 2. The van der Waals surface area contributed by atoms with Gasteiger partial charge in [-0.15, -0.1) is 0 Å². The summed E-state index contributed by atoms with van der Waals surface area (Å²) in [5.74, 6) is -0.408. The molecule has 0 radical (unpaired) electrons. The summed E-state index contributed by atoms with van der Waals surface area (Å²) in [6.45, 7) is 1.58. The molecule has 0 fully saturated rings. The molecule has 0 atom stereocenters. The highest BCUT2D eigenvalue weighted by Crippen LogP contribution is 2.10. The zero-order valence-corrected chi connectivity index (χ0v) is 6.97. The summed E-state index contributed by atoms with van der Waals surface area (Å²) < 4.78 is 13.0. The normalized spacial score (nSPS) is 10.6. The van der Waals surface area contributed by atoms with Crippen LogP contribution in [0.2, 0.25) is 0 Å². The van der Waals surface area contributed by atoms with E-state index < -0.39 is 5.82 Å². The Hall–Kier alpha value is -1.71. The molecule has 0 bridgehead atoms. The van der Waals surface area contributed by atoms with Gasteiger partial charge in [0, 0.05) is 12.1 Å². The third-order valence-electron chi connectivity index (χ3n) is 1.83. The Morgan fingerprint density at radius 2 is 2.23 bits per heavy atom. The molecule has 0 spiro atoms. The fraction of sp³-hybridized carbons (Fsp3) is 0.111. The van der Waals surface area contributed by atoms with Crippen molar-refractivity contribution in [1.29, 1.82) is 0 Å². The molecule has 2 aromatic heterocycles. The van der Waals surface area contributed by atoms with Crippen molar-refractivity contribution in [2.24, 2.45) is 0 Å². The molecule has 4 heteroatoms. The van der Waals surface area contributed by atoms with Crippen molar-refractivity contribution < 1.29 is 4.39 Å². The molecule has 2 aromatic rings. The molecular weight excluding hydrogens is 171 g/mol. The number of H-pyrrole nitrogens is 1. The highest BCUT2D eigenvalue weighted by Gasteiger charge is 2.01. The largest absolute Gasteiger partial charge is 0.321 e. The average molecular weight is 178 g/mol. The van der Waals surface area contributed by atoms with Crippen LogP contribution < -0.4 is 5.56 Å². The monoisotopic (exact) mass is 178 g/mol. The highest BCUT2D eigenvalue weighted by atomic mass is 19.1. The Kier molecular flexibility index (Phi) is 1.62. The lowest BCUT2D eigenvalue weighted by atomic mass is 10.3. The van der Waals surface area contributed by atoms with Crippen molar-refractivity contribution in [1.82, 2.24) is 9.97 Å². The van der Waals surface area contributed by atoms with E-state index in [1.165, 1.54) is 12.1 Å². The van der Waals surface area contributed by atoms with Gasteiger partial charge in [-0.25, -0.2) is 9.37 Å². The first-order valence-electron chi connectivity index (χ1n) is 3.83. The summed E-state index contributed by atoms with van der Waals surface area (Å²) in [7, 11) is 0. The van der Waals surface area contributed by atoms with Crippen molar-refractivity contribution in [2.45, 2.75) is 6.92 Å². The molecule has 0 unspecified atom stereocenters. The third kappa shape index (κ3) is 1.30. The van der Waals surface area contributed by atoms with Crippen LogP contribution in [0.3, 0.4) is 0 Å². The minimum Gasteiger partial charge on any atom is -0.321 e. The van der Waals surface area contributed by atoms with Crippen LogP contribution >= 0.6 is 0 Å². The number of nitrogens with zero attached hydrogens (tertiary/aromatic N) is 1. The average Bonchev–Trinajstić information content (AvgIpc) is 2.08. The van der Waals surface area contributed by atoms with Crippen LogP contribution in [0.25, 0.3) is 11.0 Å². The predicted molar refractivity (Wildman–Crippen MR) is 47.1 cm³/mol. The molecule has 0 saturated heterocycles. The number of hydrogen-bond donors (Lipinski definition) is 1. The molecule has 2 heterocycles. The van der Waals surface area contributed by atoms with Gasteiger partial charge in [0.2, 0.25) is 5.56 Å². The van der Waals surface area contributed by atoms with Gasteiger partial charge in [0.15, 0.2) is 0 Å². The van der Waals surface area contributed by atoms with Crippen molar-refractivity contribution >= 4 is 11.0 Å². The quantitative estimate of drug-likeness (QED) is 0.662. The van der Waals surface area contributed by atoms with Gasteiger partial charge < -0.3 is 4.98 Å². The van der Waals surface area contributed by atoms with E-state index in [9.17, 15) is 9.18 Å². The van der Waals surface area contributed by atoms with Gasteiger partial charge in [0.05, 0.1) is 16.7 Å². The van der Waals surface area contributed by atoms with Crippen molar-refractivity contribution in [2.75, 3.05) is 0 Å². The summed E-state index contributed by atoms with van der Waals surface area (Å²) in [5, 5.41) is 0. The second kappa shape index (κ2) is 2.65. The number of aryl methyl sites for hydroxylation is 1. The minimum absolute atomic E-state index is 0.252. The van der Waals surface area contributed by atoms with Crippen LogP contribution in [-0.2, 0) is 0 Å². The lowest BCUT2D eigenvalue weighted by Crippen LogP contribution is -2.04. The Morgan fingerprint density at radius 1 is 1.46 bits per heavy atom. The topological polar surface area (TPSA) is 45.8 Å². The Morgan fingerprint density at radius 3 is 3.00 bits per heavy atom. The van der Waals surface area contributed by atoms with Gasteiger partial charge >= 0.3 is 0 Å². The number of fused-ring (bicyclic) bond motifs is 1. The molecule has 0 aliphatic carbocycles. The third-order valence-corrected chi connectivity index (χ3v) is 1.83. The maximum atomic E-state index is 13.0. The summed E-state index contributed by atoms with van der Waals surface area (Å²) >= 11 is 0. The van der Waals surface area contributed by atoms with Gasteiger partial charge in [-0.1, -0.05) is 0 Å². The van der Waals surface area contributed by atoms with Gasteiger partial charge in [0.1, 0.15) is 5.82 Å². The molecule has 1 N–H and O–H groups in total. The Bertz CT molecular complexity index is 518. The van der Waals surface area contributed by atoms with Crippen LogP contribution in [0.15, 0.2) is 23.0 Å². The number of aromatic amines is 1. The fourth-order valence-electron chi connectivity index (χ4n) is 1.16. The summed E-state index contributed by atoms with van der Waals surface area (Å²) in [6.07, 6.45) is 0. The number of nitrogens with one attached hydrogen (secondary N) is 1. The first kappa shape index (κ1) is 7.91. The Balaban J connectivity index is 2.89. The zero-order valence-electron chi connectivity index (χ0n) is 6.97. The van der Waals surface area contributed by atoms with Crippen LogP contribution in [0.4, 0.5) is 4.39 Å². The standard InChI is InChI=1S/C9H7FN2O/c1-5-6(10)4-8-7(11-5)2-3-9(13)12-8/h2-4H,1H3,(H,12,13). The van der Waals surface area contributed by atoms with Crippen LogP contribution in [-0.4, -0.2) is 9.97 Å². The molecule has 3 nitrogen and oxygen atoms in total. The molecule has 0 amide bonds. The molecule has 0 aromatic carbocycles. The smallest absolute Gasteiger partial charge is 0.248 e. The summed E-state index contributed by atoms with van der Waals surface area (Å²) in [6, 6.07) is 4.21. The molecule has 0 aliphatic rings. The SMILES string of the molecule is Cc1nc2ccc(=O)[nH]c2cc1F. The maximum absolute atomic E-state index is 13.0. The second-order valence-corrected chi connectivity index (χ2v) is 2.81. The first-order valence-corrected chi connectivity index (χ1v) is 3.83. The van der Waals surface area contributed by atoms with E-state index in [2.05, 4.69) is 9.97 Å². The highest BCUT2D eigenvalue weighted by molar-refractivity contribution is 5.73. The van der Waals surface area contributed by atoms with Crippen molar-refractivity contribution in [3.63, 3.8) is 0 Å². The first-order chi connectivity index (χ1) is 6.16. The van der Waals surface area contributed by atoms with Crippen LogP contribution in [0.5, 0.6) is 0 Å². The number of rotatable bonds is 0. The van der Waals surface area contributed by atoms with E-state index >= 15 is 0 Å². The fourth-order valence-corrected chi connectivity index (χ4v) is 1.16. The molecule has 13 heavy (non-hydrogen) atoms. The van der Waals surface area contributed by atoms with Crippen molar-refractivity contribution in [3.05, 3.63) is 40.1 Å². The lowest BCUT2D eigenvalue weighted by Gasteiger charge is -1.98. The second-order valence-electron chi connectivity index (χ2n) is 2.81. The van der Waals surface area contributed by atoms with E-state index in [0.717, 1.165) is 0 Å². The van der Waals surface area contributed by atoms with E-state index in [1.807, 2.05) is 0 Å². The molecule has 2 rings (SSSR count). The molecule has 0 aliphatic heterocycles. The zero-order chi connectivity index (χ0) is 9.42.